The number of carbonyl (C=O) groups excluding carboxylic acids is 1. The molecule has 1 rings (SSSR count). The molecule has 2 atom stereocenters. The van der Waals surface area contributed by atoms with Crippen LogP contribution in [0.2, 0.25) is 0 Å². The summed E-state index contributed by atoms with van der Waals surface area (Å²) >= 11 is 0. The number of hydrogen-bond acceptors (Lipinski definition) is 3. The van der Waals surface area contributed by atoms with E-state index in [1.165, 1.54) is 0 Å². The Hall–Kier alpha value is -1.09. The largest absolute Gasteiger partial charge is 0.502 e. The summed E-state index contributed by atoms with van der Waals surface area (Å²) in [6, 6.07) is 0. The average molecular weight is 224 g/mol. The van der Waals surface area contributed by atoms with E-state index in [2.05, 4.69) is 0 Å². The van der Waals surface area contributed by atoms with E-state index < -0.39 is 0 Å². The van der Waals surface area contributed by atoms with Crippen LogP contribution in [0.15, 0.2) is 23.5 Å². The van der Waals surface area contributed by atoms with E-state index in [0.717, 1.165) is 11.1 Å². The molecule has 0 aromatic carbocycles. The predicted molar refractivity (Wildman–Crippen MR) is 63.1 cm³/mol. The summed E-state index contributed by atoms with van der Waals surface area (Å²) < 4.78 is 10.7. The smallest absolute Gasteiger partial charge is 0.159 e. The molecule has 0 saturated heterocycles. The number of hydrogen-bond donors (Lipinski definition) is 0. The summed E-state index contributed by atoms with van der Waals surface area (Å²) in [5.74, 6) is 0.301. The van der Waals surface area contributed by atoms with Crippen molar-refractivity contribution in [3.05, 3.63) is 23.5 Å². The molecule has 1 aliphatic carbocycles. The minimum absolute atomic E-state index is 0.0191. The lowest BCUT2D eigenvalue weighted by Gasteiger charge is -2.28. The SMILES string of the molecule is CCO/C=C(/C)C1CC(=O)C(C)=C[C@@H]1OC. The molecule has 1 unspecified atom stereocenters. The fourth-order valence-corrected chi connectivity index (χ4v) is 1.89. The van der Waals surface area contributed by atoms with Gasteiger partial charge in [-0.2, -0.15) is 0 Å². The summed E-state index contributed by atoms with van der Waals surface area (Å²) in [5.41, 5.74) is 1.86. The summed E-state index contributed by atoms with van der Waals surface area (Å²) in [6.07, 6.45) is 4.13. The molecule has 0 N–H and O–H groups in total. The highest BCUT2D eigenvalue weighted by Crippen LogP contribution is 2.29. The molecule has 16 heavy (non-hydrogen) atoms. The van der Waals surface area contributed by atoms with Crippen LogP contribution in [-0.2, 0) is 14.3 Å². The van der Waals surface area contributed by atoms with Crippen molar-refractivity contribution in [2.24, 2.45) is 5.92 Å². The summed E-state index contributed by atoms with van der Waals surface area (Å²) in [6.45, 7) is 6.40. The van der Waals surface area contributed by atoms with Gasteiger partial charge in [0.1, 0.15) is 0 Å². The van der Waals surface area contributed by atoms with Gasteiger partial charge in [-0.1, -0.05) is 0 Å². The van der Waals surface area contributed by atoms with Crippen molar-refractivity contribution in [3.63, 3.8) is 0 Å². The molecular weight excluding hydrogens is 204 g/mol. The lowest BCUT2D eigenvalue weighted by Crippen LogP contribution is -2.29. The fourth-order valence-electron chi connectivity index (χ4n) is 1.89. The van der Waals surface area contributed by atoms with E-state index in [0.29, 0.717) is 13.0 Å². The Morgan fingerprint density at radius 2 is 2.31 bits per heavy atom. The number of ketones is 1. The zero-order valence-electron chi connectivity index (χ0n) is 10.4. The fraction of sp³-hybridized carbons (Fsp3) is 0.615. The molecule has 1 aliphatic rings. The van der Waals surface area contributed by atoms with Gasteiger partial charge < -0.3 is 9.47 Å². The normalized spacial score (nSPS) is 26.6. The second kappa shape index (κ2) is 5.85. The van der Waals surface area contributed by atoms with E-state index in [1.54, 1.807) is 13.4 Å². The molecule has 0 amide bonds. The first kappa shape index (κ1) is 13.0. The zero-order valence-corrected chi connectivity index (χ0v) is 10.4. The van der Waals surface area contributed by atoms with Crippen LogP contribution in [0.4, 0.5) is 0 Å². The highest BCUT2D eigenvalue weighted by Gasteiger charge is 2.29. The van der Waals surface area contributed by atoms with Crippen molar-refractivity contribution in [1.82, 2.24) is 0 Å². The molecule has 90 valence electrons. The van der Waals surface area contributed by atoms with Gasteiger partial charge in [0.25, 0.3) is 0 Å². The van der Waals surface area contributed by atoms with Gasteiger partial charge >= 0.3 is 0 Å². The number of methoxy groups -OCH3 is 1. The molecule has 0 aromatic heterocycles. The molecule has 3 nitrogen and oxygen atoms in total. The van der Waals surface area contributed by atoms with Crippen LogP contribution >= 0.6 is 0 Å². The minimum atomic E-state index is -0.0191. The second-order valence-electron chi connectivity index (χ2n) is 4.10. The van der Waals surface area contributed by atoms with Crippen LogP contribution < -0.4 is 0 Å². The molecule has 0 aliphatic heterocycles. The van der Waals surface area contributed by atoms with Crippen molar-refractivity contribution < 1.29 is 14.3 Å². The standard InChI is InChI=1S/C13H20O3/c1-5-16-8-10(3)11-7-12(14)9(2)6-13(11)15-4/h6,8,11,13H,5,7H2,1-4H3/b10-8-/t11?,13-/m0/s1. The number of ether oxygens (including phenoxy) is 2. The van der Waals surface area contributed by atoms with E-state index in [-0.39, 0.29) is 17.8 Å². The van der Waals surface area contributed by atoms with Crippen molar-refractivity contribution in [1.29, 1.82) is 0 Å². The summed E-state index contributed by atoms with van der Waals surface area (Å²) in [7, 11) is 1.67. The van der Waals surface area contributed by atoms with Gasteiger partial charge in [0, 0.05) is 19.4 Å². The van der Waals surface area contributed by atoms with Gasteiger partial charge in [-0.15, -0.1) is 0 Å². The van der Waals surface area contributed by atoms with Crippen molar-refractivity contribution >= 4 is 5.78 Å². The maximum Gasteiger partial charge on any atom is 0.159 e. The first-order chi connectivity index (χ1) is 7.60. The number of allylic oxidation sites excluding steroid dienone is 1. The third-order valence-electron chi connectivity index (χ3n) is 2.95. The molecule has 0 heterocycles. The summed E-state index contributed by atoms with van der Waals surface area (Å²) in [5, 5.41) is 0. The maximum atomic E-state index is 11.7. The van der Waals surface area contributed by atoms with E-state index >= 15 is 0 Å². The Labute approximate surface area is 97.1 Å². The first-order valence-corrected chi connectivity index (χ1v) is 5.62. The van der Waals surface area contributed by atoms with Crippen LogP contribution in [0.25, 0.3) is 0 Å². The van der Waals surface area contributed by atoms with Crippen LogP contribution in [0, 0.1) is 5.92 Å². The van der Waals surface area contributed by atoms with E-state index in [1.807, 2.05) is 26.8 Å². The lowest BCUT2D eigenvalue weighted by atomic mass is 9.83. The topological polar surface area (TPSA) is 35.5 Å². The van der Waals surface area contributed by atoms with Crippen molar-refractivity contribution in [2.75, 3.05) is 13.7 Å². The number of carbonyl (C=O) groups is 1. The lowest BCUT2D eigenvalue weighted by molar-refractivity contribution is -0.117. The maximum absolute atomic E-state index is 11.7. The second-order valence-corrected chi connectivity index (χ2v) is 4.10. The van der Waals surface area contributed by atoms with Gasteiger partial charge in [0.05, 0.1) is 19.0 Å². The van der Waals surface area contributed by atoms with Gasteiger partial charge in [-0.25, -0.2) is 0 Å². The highest BCUT2D eigenvalue weighted by molar-refractivity contribution is 5.96. The van der Waals surface area contributed by atoms with Crippen LogP contribution in [-0.4, -0.2) is 25.6 Å². The van der Waals surface area contributed by atoms with Crippen LogP contribution in [0.5, 0.6) is 0 Å². The Bertz CT molecular complexity index is 315. The van der Waals surface area contributed by atoms with Crippen LogP contribution in [0.3, 0.4) is 0 Å². The molecule has 0 bridgehead atoms. The molecule has 0 fully saturated rings. The monoisotopic (exact) mass is 224 g/mol. The molecule has 0 saturated carbocycles. The molecule has 0 aromatic rings. The van der Waals surface area contributed by atoms with Gasteiger partial charge in [0.15, 0.2) is 5.78 Å². The molecule has 3 heteroatoms. The third-order valence-corrected chi connectivity index (χ3v) is 2.95. The quantitative estimate of drug-likeness (QED) is 0.688. The van der Waals surface area contributed by atoms with Crippen LogP contribution in [0.1, 0.15) is 27.2 Å². The molecule has 0 spiro atoms. The third kappa shape index (κ3) is 2.95. The molecular formula is C13H20O3. The Morgan fingerprint density at radius 1 is 1.62 bits per heavy atom. The minimum Gasteiger partial charge on any atom is -0.502 e. The van der Waals surface area contributed by atoms with E-state index in [4.69, 9.17) is 9.47 Å². The van der Waals surface area contributed by atoms with Crippen molar-refractivity contribution in [2.45, 2.75) is 33.3 Å². The first-order valence-electron chi connectivity index (χ1n) is 5.62. The highest BCUT2D eigenvalue weighted by atomic mass is 16.5. The van der Waals surface area contributed by atoms with Gasteiger partial charge in [-0.05, 0) is 38.0 Å². The van der Waals surface area contributed by atoms with E-state index in [9.17, 15) is 4.79 Å². The van der Waals surface area contributed by atoms with Crippen molar-refractivity contribution in [3.8, 4) is 0 Å². The zero-order chi connectivity index (χ0) is 12.1. The van der Waals surface area contributed by atoms with Gasteiger partial charge in [0.2, 0.25) is 0 Å². The number of rotatable bonds is 4. The average Bonchev–Trinajstić information content (AvgIpc) is 2.28. The molecule has 0 radical (unpaired) electrons. The Kier molecular flexibility index (Phi) is 4.74. The Balaban J connectivity index is 2.83. The summed E-state index contributed by atoms with van der Waals surface area (Å²) in [4.78, 5) is 11.7. The number of Topliss-reactive ketones (excluding diaryl/α,β-unsaturated/α-hetero) is 1. The van der Waals surface area contributed by atoms with Gasteiger partial charge in [-0.3, -0.25) is 4.79 Å². The predicted octanol–water partition coefficient (Wildman–Crippen LogP) is 2.48. The Morgan fingerprint density at radius 3 is 2.88 bits per heavy atom.